The first-order valence-corrected chi connectivity index (χ1v) is 6.58. The average Bonchev–Trinajstić information content (AvgIpc) is 2.63. The molecule has 1 aliphatic heterocycles. The zero-order valence-electron chi connectivity index (χ0n) is 7.45. The van der Waals surface area contributed by atoms with Gasteiger partial charge >= 0.3 is 0 Å². The fourth-order valence-electron chi connectivity index (χ4n) is 1.66. The summed E-state index contributed by atoms with van der Waals surface area (Å²) in [4.78, 5) is 4.59. The molecule has 68 valence electrons. The van der Waals surface area contributed by atoms with Crippen LogP contribution in [0.2, 0.25) is 0 Å². The number of nitrogens with zero attached hydrogens (tertiary/aromatic N) is 1. The molecule has 0 radical (unpaired) electrons. The van der Waals surface area contributed by atoms with Gasteiger partial charge in [-0.2, -0.15) is 0 Å². The van der Waals surface area contributed by atoms with E-state index < -0.39 is 0 Å². The maximum Gasteiger partial charge on any atom is 0.125 e. The van der Waals surface area contributed by atoms with Crippen molar-refractivity contribution in [2.24, 2.45) is 4.99 Å². The molecule has 0 N–H and O–H groups in total. The number of rotatable bonds is 1. The lowest BCUT2D eigenvalue weighted by Crippen LogP contribution is -1.97. The Morgan fingerprint density at radius 3 is 2.75 bits per heavy atom. The lowest BCUT2D eigenvalue weighted by Gasteiger charge is -2.06. The molecule has 1 nitrogen and oxygen atoms in total. The summed E-state index contributed by atoms with van der Waals surface area (Å²) >= 11 is 3.98. The lowest BCUT2D eigenvalue weighted by molar-refractivity contribution is 0.866. The Morgan fingerprint density at radius 2 is 2.17 bits per heavy atom. The number of hydrogen-bond donors (Lipinski definition) is 0. The summed E-state index contributed by atoms with van der Waals surface area (Å²) in [5.41, 5.74) is 0. The van der Waals surface area contributed by atoms with Crippen molar-refractivity contribution in [3.63, 3.8) is 0 Å². The molecule has 0 aromatic heterocycles. The first-order chi connectivity index (χ1) is 5.84. The van der Waals surface area contributed by atoms with Crippen molar-refractivity contribution < 1.29 is 0 Å². The molecule has 1 unspecified atom stereocenters. The average molecular weight is 201 g/mol. The monoisotopic (exact) mass is 201 g/mol. The van der Waals surface area contributed by atoms with Crippen LogP contribution < -0.4 is 0 Å². The van der Waals surface area contributed by atoms with E-state index >= 15 is 0 Å². The molecule has 3 heteroatoms. The quantitative estimate of drug-likeness (QED) is 0.646. The van der Waals surface area contributed by atoms with E-state index in [-0.39, 0.29) is 0 Å². The van der Waals surface area contributed by atoms with Gasteiger partial charge < -0.3 is 0 Å². The maximum atomic E-state index is 4.59. The zero-order chi connectivity index (χ0) is 8.39. The van der Waals surface area contributed by atoms with Gasteiger partial charge in [-0.1, -0.05) is 36.4 Å². The van der Waals surface area contributed by atoms with Gasteiger partial charge in [-0.3, -0.25) is 4.99 Å². The van der Waals surface area contributed by atoms with E-state index in [4.69, 9.17) is 0 Å². The predicted molar refractivity (Wildman–Crippen MR) is 59.2 cm³/mol. The number of hydrogen-bond acceptors (Lipinski definition) is 3. The fraction of sp³-hybridized carbons (Fsp3) is 0.889. The minimum absolute atomic E-state index is 0.568. The molecule has 2 rings (SSSR count). The molecule has 0 amide bonds. The molecular formula is C9H15NS2. The third-order valence-corrected chi connectivity index (χ3v) is 5.10. The molecule has 0 aromatic rings. The molecule has 0 aromatic carbocycles. The Kier molecular flexibility index (Phi) is 3.02. The molecule has 1 aliphatic carbocycles. The summed E-state index contributed by atoms with van der Waals surface area (Å²) < 4.78 is 1.36. The molecule has 1 heterocycles. The predicted octanol–water partition coefficient (Wildman–Crippen LogP) is 3.15. The normalized spacial score (nSPS) is 31.1. The number of thioether (sulfide) groups is 2. The second kappa shape index (κ2) is 4.05. The Labute approximate surface area is 82.8 Å². The highest BCUT2D eigenvalue weighted by Crippen LogP contribution is 2.35. The summed E-state index contributed by atoms with van der Waals surface area (Å²) in [7, 11) is 0. The van der Waals surface area contributed by atoms with Gasteiger partial charge in [-0.05, 0) is 19.8 Å². The molecule has 2 aliphatic rings. The molecule has 0 spiro atoms. The maximum absolute atomic E-state index is 4.59. The Bertz CT molecular complexity index is 185. The summed E-state index contributed by atoms with van der Waals surface area (Å²) in [5.74, 6) is 1.20. The minimum atomic E-state index is 0.568. The van der Waals surface area contributed by atoms with Crippen LogP contribution >= 0.6 is 23.5 Å². The topological polar surface area (TPSA) is 12.4 Å². The van der Waals surface area contributed by atoms with E-state index in [0.717, 1.165) is 5.25 Å². The van der Waals surface area contributed by atoms with Gasteiger partial charge in [0.05, 0.1) is 6.04 Å². The second-order valence-corrected chi connectivity index (χ2v) is 6.14. The highest BCUT2D eigenvalue weighted by molar-refractivity contribution is 8.39. The van der Waals surface area contributed by atoms with Gasteiger partial charge in [-0.25, -0.2) is 0 Å². The van der Waals surface area contributed by atoms with E-state index in [1.54, 1.807) is 0 Å². The summed E-state index contributed by atoms with van der Waals surface area (Å²) in [6.07, 6.45) is 5.70. The van der Waals surface area contributed by atoms with E-state index in [0.29, 0.717) is 6.04 Å². The Morgan fingerprint density at radius 1 is 1.42 bits per heavy atom. The van der Waals surface area contributed by atoms with Crippen LogP contribution in [0.3, 0.4) is 0 Å². The third-order valence-electron chi connectivity index (χ3n) is 2.34. The minimum Gasteiger partial charge on any atom is -0.268 e. The first kappa shape index (κ1) is 8.95. The van der Waals surface area contributed by atoms with Crippen molar-refractivity contribution in [1.29, 1.82) is 0 Å². The Balaban J connectivity index is 1.82. The van der Waals surface area contributed by atoms with Crippen molar-refractivity contribution in [2.75, 3.05) is 5.75 Å². The van der Waals surface area contributed by atoms with Crippen LogP contribution in [0.5, 0.6) is 0 Å². The molecule has 1 atom stereocenters. The number of aliphatic imine (C=N–C) groups is 1. The van der Waals surface area contributed by atoms with Gasteiger partial charge in [-0.15, -0.1) is 0 Å². The van der Waals surface area contributed by atoms with E-state index in [9.17, 15) is 0 Å². The van der Waals surface area contributed by atoms with Crippen molar-refractivity contribution >= 4 is 27.9 Å². The standard InChI is InChI=1S/C9H15NS2/c1-7-6-11-9(10-7)12-8-4-2-3-5-8/h7-8H,2-6H2,1H3. The van der Waals surface area contributed by atoms with Gasteiger partial charge in [0.15, 0.2) is 0 Å². The fourth-order valence-corrected chi connectivity index (χ4v) is 4.35. The van der Waals surface area contributed by atoms with Gasteiger partial charge in [0.2, 0.25) is 0 Å². The van der Waals surface area contributed by atoms with Gasteiger partial charge in [0.25, 0.3) is 0 Å². The molecule has 1 saturated carbocycles. The van der Waals surface area contributed by atoms with Crippen LogP contribution in [0.4, 0.5) is 0 Å². The summed E-state index contributed by atoms with van der Waals surface area (Å²) in [6.45, 7) is 2.20. The smallest absolute Gasteiger partial charge is 0.125 e. The van der Waals surface area contributed by atoms with Crippen LogP contribution in [-0.4, -0.2) is 21.4 Å². The molecule has 1 fully saturated rings. The lowest BCUT2D eigenvalue weighted by atomic mass is 10.4. The van der Waals surface area contributed by atoms with Crippen molar-refractivity contribution in [1.82, 2.24) is 0 Å². The van der Waals surface area contributed by atoms with Crippen molar-refractivity contribution in [3.8, 4) is 0 Å². The first-order valence-electron chi connectivity index (χ1n) is 4.72. The SMILES string of the molecule is CC1CSC(SC2CCCC2)=N1. The van der Waals surface area contributed by atoms with Crippen molar-refractivity contribution in [3.05, 3.63) is 0 Å². The zero-order valence-corrected chi connectivity index (χ0v) is 9.09. The second-order valence-electron chi connectivity index (χ2n) is 3.58. The van der Waals surface area contributed by atoms with Crippen LogP contribution in [0.25, 0.3) is 0 Å². The van der Waals surface area contributed by atoms with Crippen molar-refractivity contribution in [2.45, 2.75) is 43.9 Å². The molecule has 0 bridgehead atoms. The van der Waals surface area contributed by atoms with Crippen LogP contribution in [0, 0.1) is 0 Å². The molecule has 0 saturated heterocycles. The van der Waals surface area contributed by atoms with Gasteiger partial charge in [0, 0.05) is 11.0 Å². The van der Waals surface area contributed by atoms with E-state index in [1.807, 2.05) is 23.5 Å². The summed E-state index contributed by atoms with van der Waals surface area (Å²) in [6, 6.07) is 0.568. The Hall–Kier alpha value is 0.370. The highest BCUT2D eigenvalue weighted by Gasteiger charge is 2.21. The highest BCUT2D eigenvalue weighted by atomic mass is 32.2. The third kappa shape index (κ3) is 2.19. The van der Waals surface area contributed by atoms with E-state index in [1.165, 1.54) is 35.8 Å². The van der Waals surface area contributed by atoms with Gasteiger partial charge in [0.1, 0.15) is 4.38 Å². The van der Waals surface area contributed by atoms with Crippen LogP contribution in [-0.2, 0) is 0 Å². The van der Waals surface area contributed by atoms with Crippen LogP contribution in [0.1, 0.15) is 32.6 Å². The van der Waals surface area contributed by atoms with Crippen LogP contribution in [0.15, 0.2) is 4.99 Å². The summed E-state index contributed by atoms with van der Waals surface area (Å²) in [5, 5.41) is 0.890. The molecular weight excluding hydrogens is 186 g/mol. The molecule has 12 heavy (non-hydrogen) atoms. The van der Waals surface area contributed by atoms with E-state index in [2.05, 4.69) is 11.9 Å². The largest absolute Gasteiger partial charge is 0.268 e.